The van der Waals surface area contributed by atoms with Crippen LogP contribution in [-0.4, -0.2) is 7.11 Å². The zero-order valence-corrected chi connectivity index (χ0v) is 8.12. The van der Waals surface area contributed by atoms with Crippen molar-refractivity contribution in [1.82, 2.24) is 0 Å². The van der Waals surface area contributed by atoms with Crippen molar-refractivity contribution in [3.63, 3.8) is 0 Å². The van der Waals surface area contributed by atoms with E-state index in [9.17, 15) is 0 Å². The maximum atomic E-state index is 5.76. The van der Waals surface area contributed by atoms with E-state index in [4.69, 9.17) is 9.15 Å². The van der Waals surface area contributed by atoms with Crippen LogP contribution in [0, 0.1) is 0 Å². The fourth-order valence-electron chi connectivity index (χ4n) is 1.87. The summed E-state index contributed by atoms with van der Waals surface area (Å²) in [4.78, 5) is 0. The SMILES string of the molecule is COC1(c2cc3ccccc3o2)CC1. The van der Waals surface area contributed by atoms with Gasteiger partial charge in [-0.25, -0.2) is 0 Å². The molecule has 0 unspecified atom stereocenters. The Balaban J connectivity index is 2.15. The Morgan fingerprint density at radius 3 is 2.71 bits per heavy atom. The van der Waals surface area contributed by atoms with Gasteiger partial charge in [0.1, 0.15) is 16.9 Å². The molecule has 1 saturated carbocycles. The number of fused-ring (bicyclic) bond motifs is 1. The molecule has 3 rings (SSSR count). The summed E-state index contributed by atoms with van der Waals surface area (Å²) in [7, 11) is 1.75. The van der Waals surface area contributed by atoms with E-state index in [-0.39, 0.29) is 5.60 Å². The molecule has 0 N–H and O–H groups in total. The second kappa shape index (κ2) is 2.61. The second-order valence-electron chi connectivity index (χ2n) is 3.85. The van der Waals surface area contributed by atoms with E-state index in [1.54, 1.807) is 7.11 Å². The fourth-order valence-corrected chi connectivity index (χ4v) is 1.87. The van der Waals surface area contributed by atoms with Gasteiger partial charge in [0, 0.05) is 12.5 Å². The second-order valence-corrected chi connectivity index (χ2v) is 3.85. The van der Waals surface area contributed by atoms with Crippen LogP contribution in [0.3, 0.4) is 0 Å². The van der Waals surface area contributed by atoms with E-state index < -0.39 is 0 Å². The lowest BCUT2D eigenvalue weighted by molar-refractivity contribution is 0.0608. The molecule has 1 aromatic carbocycles. The Morgan fingerprint density at radius 2 is 2.07 bits per heavy atom. The third-order valence-corrected chi connectivity index (χ3v) is 2.97. The highest BCUT2D eigenvalue weighted by Gasteiger charge is 2.47. The summed E-state index contributed by atoms with van der Waals surface area (Å²) in [5.74, 6) is 0.973. The lowest BCUT2D eigenvalue weighted by atomic mass is 10.2. The van der Waals surface area contributed by atoms with Crippen LogP contribution in [0.5, 0.6) is 0 Å². The van der Waals surface area contributed by atoms with Crippen molar-refractivity contribution in [2.45, 2.75) is 18.4 Å². The quantitative estimate of drug-likeness (QED) is 0.722. The van der Waals surface area contributed by atoms with Gasteiger partial charge in [-0.2, -0.15) is 0 Å². The number of hydrogen-bond donors (Lipinski definition) is 0. The average molecular weight is 188 g/mol. The Kier molecular flexibility index (Phi) is 1.50. The largest absolute Gasteiger partial charge is 0.458 e. The summed E-state index contributed by atoms with van der Waals surface area (Å²) in [5.41, 5.74) is 0.838. The molecule has 2 nitrogen and oxygen atoms in total. The van der Waals surface area contributed by atoms with E-state index >= 15 is 0 Å². The number of ether oxygens (including phenoxy) is 1. The van der Waals surface area contributed by atoms with Gasteiger partial charge in [-0.15, -0.1) is 0 Å². The smallest absolute Gasteiger partial charge is 0.137 e. The van der Waals surface area contributed by atoms with E-state index in [1.807, 2.05) is 18.2 Å². The third kappa shape index (κ3) is 1.01. The fraction of sp³-hybridized carbons (Fsp3) is 0.333. The zero-order chi connectivity index (χ0) is 9.60. The van der Waals surface area contributed by atoms with Crippen LogP contribution in [0.1, 0.15) is 18.6 Å². The van der Waals surface area contributed by atoms with Crippen LogP contribution in [0.25, 0.3) is 11.0 Å². The van der Waals surface area contributed by atoms with E-state index in [2.05, 4.69) is 12.1 Å². The first kappa shape index (κ1) is 8.06. The molecule has 0 radical (unpaired) electrons. The number of rotatable bonds is 2. The van der Waals surface area contributed by atoms with Crippen molar-refractivity contribution in [1.29, 1.82) is 0 Å². The van der Waals surface area contributed by atoms with Gasteiger partial charge in [-0.05, 0) is 25.0 Å². The molecule has 0 spiro atoms. The van der Waals surface area contributed by atoms with Gasteiger partial charge >= 0.3 is 0 Å². The van der Waals surface area contributed by atoms with Crippen LogP contribution in [-0.2, 0) is 10.3 Å². The highest BCUT2D eigenvalue weighted by atomic mass is 16.5. The minimum Gasteiger partial charge on any atom is -0.458 e. The first-order valence-corrected chi connectivity index (χ1v) is 4.88. The Labute approximate surface area is 82.5 Å². The topological polar surface area (TPSA) is 22.4 Å². The maximum absolute atomic E-state index is 5.76. The normalized spacial score (nSPS) is 18.6. The van der Waals surface area contributed by atoms with Crippen LogP contribution in [0.2, 0.25) is 0 Å². The molecule has 14 heavy (non-hydrogen) atoms. The Hall–Kier alpha value is -1.28. The molecule has 0 atom stereocenters. The predicted octanol–water partition coefficient (Wildman–Crippen LogP) is 3.07. The van der Waals surface area contributed by atoms with Crippen molar-refractivity contribution < 1.29 is 9.15 Å². The van der Waals surface area contributed by atoms with Gasteiger partial charge in [0.15, 0.2) is 0 Å². The number of para-hydroxylation sites is 1. The van der Waals surface area contributed by atoms with Crippen molar-refractivity contribution in [2.75, 3.05) is 7.11 Å². The first-order valence-electron chi connectivity index (χ1n) is 4.88. The van der Waals surface area contributed by atoms with Gasteiger partial charge in [0.05, 0.1) is 0 Å². The number of benzene rings is 1. The summed E-state index contributed by atoms with van der Waals surface area (Å²) in [5, 5.41) is 1.16. The number of hydrogen-bond acceptors (Lipinski definition) is 2. The summed E-state index contributed by atoms with van der Waals surface area (Å²) >= 11 is 0. The summed E-state index contributed by atoms with van der Waals surface area (Å²) in [6, 6.07) is 10.2. The van der Waals surface area contributed by atoms with E-state index in [1.165, 1.54) is 0 Å². The van der Waals surface area contributed by atoms with Crippen molar-refractivity contribution >= 4 is 11.0 Å². The van der Waals surface area contributed by atoms with Crippen molar-refractivity contribution in [2.24, 2.45) is 0 Å². The molecular formula is C12H12O2. The molecule has 1 aliphatic rings. The predicted molar refractivity (Wildman–Crippen MR) is 54.1 cm³/mol. The molecule has 1 fully saturated rings. The van der Waals surface area contributed by atoms with Crippen LogP contribution in [0.15, 0.2) is 34.7 Å². The molecule has 1 aliphatic carbocycles. The molecule has 0 amide bonds. The van der Waals surface area contributed by atoms with Crippen LogP contribution >= 0.6 is 0 Å². The monoisotopic (exact) mass is 188 g/mol. The zero-order valence-electron chi connectivity index (χ0n) is 8.12. The summed E-state index contributed by atoms with van der Waals surface area (Å²) < 4.78 is 11.2. The first-order chi connectivity index (χ1) is 6.84. The van der Waals surface area contributed by atoms with Gasteiger partial charge in [0.2, 0.25) is 0 Å². The Bertz CT molecular complexity index is 433. The van der Waals surface area contributed by atoms with Gasteiger partial charge in [-0.1, -0.05) is 18.2 Å². The molecule has 0 aliphatic heterocycles. The standard InChI is InChI=1S/C12H12O2/c1-13-12(6-7-12)11-8-9-4-2-3-5-10(9)14-11/h2-5,8H,6-7H2,1H3. The molecule has 72 valence electrons. The molecule has 1 heterocycles. The highest BCUT2D eigenvalue weighted by Crippen LogP contribution is 2.49. The lowest BCUT2D eigenvalue weighted by Gasteiger charge is -2.08. The lowest BCUT2D eigenvalue weighted by Crippen LogP contribution is -2.06. The van der Waals surface area contributed by atoms with E-state index in [0.29, 0.717) is 0 Å². The van der Waals surface area contributed by atoms with Crippen molar-refractivity contribution in [3.05, 3.63) is 36.1 Å². The highest BCUT2D eigenvalue weighted by molar-refractivity contribution is 5.78. The van der Waals surface area contributed by atoms with Gasteiger partial charge in [-0.3, -0.25) is 0 Å². The Morgan fingerprint density at radius 1 is 1.29 bits per heavy atom. The third-order valence-electron chi connectivity index (χ3n) is 2.97. The summed E-state index contributed by atoms with van der Waals surface area (Å²) in [6.07, 6.45) is 2.15. The van der Waals surface area contributed by atoms with Crippen molar-refractivity contribution in [3.8, 4) is 0 Å². The van der Waals surface area contributed by atoms with E-state index in [0.717, 1.165) is 29.6 Å². The summed E-state index contributed by atoms with van der Waals surface area (Å²) in [6.45, 7) is 0. The van der Waals surface area contributed by atoms with Crippen LogP contribution in [0.4, 0.5) is 0 Å². The molecule has 0 saturated heterocycles. The molecule has 2 aromatic rings. The van der Waals surface area contributed by atoms with Gasteiger partial charge < -0.3 is 9.15 Å². The molecule has 2 heteroatoms. The minimum atomic E-state index is -0.112. The number of methoxy groups -OCH3 is 1. The maximum Gasteiger partial charge on any atom is 0.137 e. The molecule has 1 aromatic heterocycles. The van der Waals surface area contributed by atoms with Crippen LogP contribution < -0.4 is 0 Å². The average Bonchev–Trinajstić information content (AvgIpc) is 2.91. The van der Waals surface area contributed by atoms with Gasteiger partial charge in [0.25, 0.3) is 0 Å². The number of furan rings is 1. The molecular weight excluding hydrogens is 176 g/mol. The minimum absolute atomic E-state index is 0.112. The molecule has 0 bridgehead atoms.